The summed E-state index contributed by atoms with van der Waals surface area (Å²) >= 11 is 1.87. The van der Waals surface area contributed by atoms with Crippen molar-refractivity contribution in [3.63, 3.8) is 0 Å². The lowest BCUT2D eigenvalue weighted by Crippen LogP contribution is -2.48. The number of piperidine rings is 1. The molecule has 1 aromatic carbocycles. The maximum Gasteiger partial charge on any atom is 0.0869 e. The summed E-state index contributed by atoms with van der Waals surface area (Å²) in [5, 5.41) is 14.0. The normalized spacial score (nSPS) is 27.3. The molecule has 122 valence electrons. The van der Waals surface area contributed by atoms with Crippen molar-refractivity contribution in [2.45, 2.75) is 37.3 Å². The fourth-order valence-electron chi connectivity index (χ4n) is 3.36. The van der Waals surface area contributed by atoms with Crippen LogP contribution in [0.3, 0.4) is 0 Å². The van der Waals surface area contributed by atoms with Crippen molar-refractivity contribution in [1.29, 1.82) is 0 Å². The molecular formula is C18H28N2OS. The molecule has 0 aliphatic carbocycles. The highest BCUT2D eigenvalue weighted by Gasteiger charge is 2.32. The van der Waals surface area contributed by atoms with Crippen molar-refractivity contribution in [1.82, 2.24) is 10.2 Å². The van der Waals surface area contributed by atoms with Crippen LogP contribution < -0.4 is 5.32 Å². The molecule has 4 heteroatoms. The molecular weight excluding hydrogens is 292 g/mol. The zero-order valence-electron chi connectivity index (χ0n) is 13.3. The second kappa shape index (κ2) is 7.82. The van der Waals surface area contributed by atoms with Crippen molar-refractivity contribution in [2.24, 2.45) is 0 Å². The molecule has 2 saturated heterocycles. The highest BCUT2D eigenvalue weighted by atomic mass is 32.2. The van der Waals surface area contributed by atoms with Crippen LogP contribution >= 0.6 is 11.8 Å². The van der Waals surface area contributed by atoms with Crippen molar-refractivity contribution >= 4 is 11.8 Å². The number of hydrogen-bond acceptors (Lipinski definition) is 4. The van der Waals surface area contributed by atoms with Crippen LogP contribution in [0.25, 0.3) is 0 Å². The lowest BCUT2D eigenvalue weighted by atomic mass is 10.0. The Balaban J connectivity index is 1.34. The number of thioether (sulfide) groups is 1. The van der Waals surface area contributed by atoms with Crippen LogP contribution in [0, 0.1) is 0 Å². The molecule has 2 N–H and O–H groups in total. The highest BCUT2D eigenvalue weighted by molar-refractivity contribution is 7.99. The van der Waals surface area contributed by atoms with Gasteiger partial charge >= 0.3 is 0 Å². The van der Waals surface area contributed by atoms with E-state index in [0.29, 0.717) is 6.04 Å². The van der Waals surface area contributed by atoms with E-state index in [9.17, 15) is 5.11 Å². The van der Waals surface area contributed by atoms with E-state index >= 15 is 0 Å². The van der Waals surface area contributed by atoms with Crippen molar-refractivity contribution in [3.05, 3.63) is 35.9 Å². The van der Waals surface area contributed by atoms with Gasteiger partial charge in [-0.15, -0.1) is 0 Å². The standard InChI is InChI=1S/C18H28N2OS/c21-18(9-13-22-15-18)14-19-17-7-11-20(12-8-17)10-6-16-4-2-1-3-5-16/h1-5,17,19,21H,6-15H2. The summed E-state index contributed by atoms with van der Waals surface area (Å²) in [4.78, 5) is 2.57. The molecule has 0 spiro atoms. The number of benzene rings is 1. The Bertz CT molecular complexity index is 440. The monoisotopic (exact) mass is 320 g/mol. The van der Waals surface area contributed by atoms with Gasteiger partial charge in [0.05, 0.1) is 5.60 Å². The van der Waals surface area contributed by atoms with Crippen LogP contribution in [0.4, 0.5) is 0 Å². The van der Waals surface area contributed by atoms with Gasteiger partial charge in [0, 0.05) is 24.9 Å². The van der Waals surface area contributed by atoms with E-state index in [-0.39, 0.29) is 0 Å². The van der Waals surface area contributed by atoms with Crippen LogP contribution in [0.15, 0.2) is 30.3 Å². The van der Waals surface area contributed by atoms with Gasteiger partial charge in [0.2, 0.25) is 0 Å². The third-order valence-electron chi connectivity index (χ3n) is 4.95. The van der Waals surface area contributed by atoms with Gasteiger partial charge < -0.3 is 15.3 Å². The minimum atomic E-state index is -0.449. The molecule has 2 aliphatic heterocycles. The Morgan fingerprint density at radius 3 is 2.68 bits per heavy atom. The number of nitrogens with zero attached hydrogens (tertiary/aromatic N) is 1. The minimum Gasteiger partial charge on any atom is -0.388 e. The second-order valence-electron chi connectivity index (χ2n) is 6.76. The minimum absolute atomic E-state index is 0.449. The summed E-state index contributed by atoms with van der Waals surface area (Å²) in [5.41, 5.74) is 0.985. The topological polar surface area (TPSA) is 35.5 Å². The summed E-state index contributed by atoms with van der Waals surface area (Å²) in [7, 11) is 0. The average Bonchev–Trinajstić information content (AvgIpc) is 3.00. The largest absolute Gasteiger partial charge is 0.388 e. The summed E-state index contributed by atoms with van der Waals surface area (Å²) < 4.78 is 0. The third-order valence-corrected chi connectivity index (χ3v) is 6.18. The quantitative estimate of drug-likeness (QED) is 0.842. The predicted molar refractivity (Wildman–Crippen MR) is 94.5 cm³/mol. The number of hydrogen-bond donors (Lipinski definition) is 2. The summed E-state index contributed by atoms with van der Waals surface area (Å²) in [5.74, 6) is 2.01. The Kier molecular flexibility index (Phi) is 5.80. The van der Waals surface area contributed by atoms with Crippen molar-refractivity contribution < 1.29 is 5.11 Å². The van der Waals surface area contributed by atoms with Gasteiger partial charge in [-0.2, -0.15) is 11.8 Å². The number of nitrogens with one attached hydrogen (secondary N) is 1. The lowest BCUT2D eigenvalue weighted by molar-refractivity contribution is 0.0606. The molecule has 0 aromatic heterocycles. The first-order valence-electron chi connectivity index (χ1n) is 8.53. The Labute approximate surface area is 138 Å². The Morgan fingerprint density at radius 1 is 1.23 bits per heavy atom. The molecule has 0 bridgehead atoms. The van der Waals surface area contributed by atoms with Gasteiger partial charge in [0.25, 0.3) is 0 Å². The third kappa shape index (κ3) is 4.72. The lowest BCUT2D eigenvalue weighted by Gasteiger charge is -2.34. The van der Waals surface area contributed by atoms with E-state index in [0.717, 1.165) is 37.4 Å². The SMILES string of the molecule is OC1(CNC2CCN(CCc3ccccc3)CC2)CCSC1. The zero-order chi connectivity index (χ0) is 15.3. The van der Waals surface area contributed by atoms with E-state index in [2.05, 4.69) is 40.5 Å². The molecule has 2 heterocycles. The first-order chi connectivity index (χ1) is 10.7. The van der Waals surface area contributed by atoms with E-state index < -0.39 is 5.60 Å². The van der Waals surface area contributed by atoms with Gasteiger partial charge in [-0.1, -0.05) is 30.3 Å². The van der Waals surface area contributed by atoms with Crippen LogP contribution in [-0.4, -0.2) is 59.3 Å². The van der Waals surface area contributed by atoms with Gasteiger partial charge in [-0.05, 0) is 50.1 Å². The average molecular weight is 321 g/mol. The molecule has 3 nitrogen and oxygen atoms in total. The van der Waals surface area contributed by atoms with Crippen LogP contribution in [0.1, 0.15) is 24.8 Å². The molecule has 0 radical (unpaired) electrons. The van der Waals surface area contributed by atoms with E-state index in [1.165, 1.54) is 31.5 Å². The maximum absolute atomic E-state index is 10.4. The van der Waals surface area contributed by atoms with Crippen molar-refractivity contribution in [2.75, 3.05) is 37.7 Å². The maximum atomic E-state index is 10.4. The smallest absolute Gasteiger partial charge is 0.0869 e. The van der Waals surface area contributed by atoms with E-state index in [1.54, 1.807) is 0 Å². The predicted octanol–water partition coefficient (Wildman–Crippen LogP) is 2.15. The highest BCUT2D eigenvalue weighted by Crippen LogP contribution is 2.27. The molecule has 1 unspecified atom stereocenters. The van der Waals surface area contributed by atoms with E-state index in [1.807, 2.05) is 11.8 Å². The molecule has 22 heavy (non-hydrogen) atoms. The summed E-state index contributed by atoms with van der Waals surface area (Å²) in [6.07, 6.45) is 4.51. The first-order valence-corrected chi connectivity index (χ1v) is 9.69. The van der Waals surface area contributed by atoms with Gasteiger partial charge in [-0.3, -0.25) is 0 Å². The van der Waals surface area contributed by atoms with Crippen molar-refractivity contribution in [3.8, 4) is 0 Å². The van der Waals surface area contributed by atoms with E-state index in [4.69, 9.17) is 0 Å². The molecule has 1 atom stereocenters. The second-order valence-corrected chi connectivity index (χ2v) is 7.86. The molecule has 1 aromatic rings. The fourth-order valence-corrected chi connectivity index (χ4v) is 4.66. The molecule has 2 aliphatic rings. The van der Waals surface area contributed by atoms with Gasteiger partial charge in [-0.25, -0.2) is 0 Å². The molecule has 3 rings (SSSR count). The fraction of sp³-hybridized carbons (Fsp3) is 0.667. The Hall–Kier alpha value is -0.550. The molecule has 0 amide bonds. The molecule has 0 saturated carbocycles. The first kappa shape index (κ1) is 16.3. The zero-order valence-corrected chi connectivity index (χ0v) is 14.2. The number of rotatable bonds is 6. The van der Waals surface area contributed by atoms with Gasteiger partial charge in [0.15, 0.2) is 0 Å². The Morgan fingerprint density at radius 2 is 2.00 bits per heavy atom. The number of aliphatic hydroxyl groups is 1. The summed E-state index contributed by atoms with van der Waals surface area (Å²) in [6, 6.07) is 11.3. The molecule has 2 fully saturated rings. The van der Waals surface area contributed by atoms with Crippen LogP contribution in [0.2, 0.25) is 0 Å². The number of likely N-dealkylation sites (tertiary alicyclic amines) is 1. The van der Waals surface area contributed by atoms with Crippen LogP contribution in [-0.2, 0) is 6.42 Å². The van der Waals surface area contributed by atoms with Crippen LogP contribution in [0.5, 0.6) is 0 Å². The van der Waals surface area contributed by atoms with Gasteiger partial charge in [0.1, 0.15) is 0 Å². The summed E-state index contributed by atoms with van der Waals surface area (Å²) in [6.45, 7) is 4.29.